The van der Waals surface area contributed by atoms with E-state index >= 15 is 0 Å². The molecule has 1 amide bonds. The predicted octanol–water partition coefficient (Wildman–Crippen LogP) is 3.42. The third-order valence-electron chi connectivity index (χ3n) is 5.66. The van der Waals surface area contributed by atoms with Crippen molar-refractivity contribution >= 4 is 21.4 Å². The summed E-state index contributed by atoms with van der Waals surface area (Å²) in [6, 6.07) is 15.3. The summed E-state index contributed by atoms with van der Waals surface area (Å²) in [6.07, 6.45) is 1.43. The third kappa shape index (κ3) is 3.76. The van der Waals surface area contributed by atoms with Crippen LogP contribution in [-0.2, 0) is 27.6 Å². The van der Waals surface area contributed by atoms with Crippen LogP contribution in [0.2, 0.25) is 0 Å². The summed E-state index contributed by atoms with van der Waals surface area (Å²) in [5.41, 5.74) is 3.68. The van der Waals surface area contributed by atoms with Gasteiger partial charge in [-0.15, -0.1) is 10.2 Å². The molecular weight excluding hydrogens is 412 g/mol. The molecule has 0 radical (unpaired) electrons. The molecule has 4 rings (SSSR count). The van der Waals surface area contributed by atoms with E-state index in [2.05, 4.69) is 10.2 Å². The van der Waals surface area contributed by atoms with Crippen LogP contribution in [0.5, 0.6) is 0 Å². The standard InChI is InChI=1S/C23H26N4O3S/c1-4-13-27-21(19-10-7-8-16(2)15-19)24-25-23(27)31(29,30)17(3)22(28)26-14-12-18-9-5-6-11-20(18)26/h5-11,15,17H,4,12-14H2,1-3H3/t17-/m0/s1. The van der Waals surface area contributed by atoms with Crippen LogP contribution in [0.1, 0.15) is 31.4 Å². The molecule has 0 unspecified atom stereocenters. The van der Waals surface area contributed by atoms with Gasteiger partial charge >= 0.3 is 0 Å². The van der Waals surface area contributed by atoms with Gasteiger partial charge in [-0.2, -0.15) is 0 Å². The Morgan fingerprint density at radius 3 is 2.65 bits per heavy atom. The minimum Gasteiger partial charge on any atom is -0.311 e. The summed E-state index contributed by atoms with van der Waals surface area (Å²) in [4.78, 5) is 14.8. The summed E-state index contributed by atoms with van der Waals surface area (Å²) in [7, 11) is -4.03. The van der Waals surface area contributed by atoms with Gasteiger partial charge in [-0.1, -0.05) is 48.9 Å². The Balaban J connectivity index is 1.71. The number of aryl methyl sites for hydroxylation is 1. The fourth-order valence-corrected chi connectivity index (χ4v) is 5.35. The average molecular weight is 439 g/mol. The molecule has 0 spiro atoms. The lowest BCUT2D eigenvalue weighted by Crippen LogP contribution is -2.41. The number of anilines is 1. The molecule has 3 aromatic rings. The molecule has 0 fully saturated rings. The molecular formula is C23H26N4O3S. The molecule has 31 heavy (non-hydrogen) atoms. The van der Waals surface area contributed by atoms with E-state index in [0.29, 0.717) is 25.3 Å². The topological polar surface area (TPSA) is 85.2 Å². The molecule has 0 N–H and O–H groups in total. The highest BCUT2D eigenvalue weighted by atomic mass is 32.2. The van der Waals surface area contributed by atoms with E-state index in [1.165, 1.54) is 6.92 Å². The zero-order valence-corrected chi connectivity index (χ0v) is 18.8. The van der Waals surface area contributed by atoms with E-state index in [9.17, 15) is 13.2 Å². The molecule has 0 aliphatic carbocycles. The molecule has 0 saturated carbocycles. The fraction of sp³-hybridized carbons (Fsp3) is 0.348. The average Bonchev–Trinajstić information content (AvgIpc) is 3.38. The number of amides is 1. The van der Waals surface area contributed by atoms with Crippen LogP contribution in [0, 0.1) is 6.92 Å². The van der Waals surface area contributed by atoms with Crippen molar-refractivity contribution in [1.82, 2.24) is 14.8 Å². The number of nitrogens with zero attached hydrogens (tertiary/aromatic N) is 4. The molecule has 1 aromatic heterocycles. The Hall–Kier alpha value is -3.00. The third-order valence-corrected chi connectivity index (χ3v) is 7.60. The van der Waals surface area contributed by atoms with Crippen molar-refractivity contribution in [2.75, 3.05) is 11.4 Å². The predicted molar refractivity (Wildman–Crippen MR) is 120 cm³/mol. The highest BCUT2D eigenvalue weighted by Gasteiger charge is 2.39. The Bertz CT molecular complexity index is 1230. The molecule has 2 aromatic carbocycles. The largest absolute Gasteiger partial charge is 0.311 e. The van der Waals surface area contributed by atoms with Gasteiger partial charge in [0.1, 0.15) is 5.25 Å². The number of carbonyl (C=O) groups excluding carboxylic acids is 1. The highest BCUT2D eigenvalue weighted by Crippen LogP contribution is 2.30. The van der Waals surface area contributed by atoms with Crippen molar-refractivity contribution in [3.05, 3.63) is 59.7 Å². The second-order valence-electron chi connectivity index (χ2n) is 7.88. The summed E-state index contributed by atoms with van der Waals surface area (Å²) in [6.45, 7) is 6.30. The van der Waals surface area contributed by atoms with Gasteiger partial charge in [0.05, 0.1) is 0 Å². The fourth-order valence-electron chi connectivity index (χ4n) is 4.00. The minimum absolute atomic E-state index is 0.154. The Kier molecular flexibility index (Phi) is 5.66. The van der Waals surface area contributed by atoms with Crippen molar-refractivity contribution in [3.8, 4) is 11.4 Å². The number of fused-ring (bicyclic) bond motifs is 1. The number of hydrogen-bond donors (Lipinski definition) is 0. The lowest BCUT2D eigenvalue weighted by molar-refractivity contribution is -0.117. The van der Waals surface area contributed by atoms with Gasteiger partial charge in [-0.25, -0.2) is 8.42 Å². The van der Waals surface area contributed by atoms with Crippen LogP contribution < -0.4 is 4.90 Å². The van der Waals surface area contributed by atoms with Gasteiger partial charge in [-0.05, 0) is 44.4 Å². The maximum atomic E-state index is 13.5. The number of rotatable bonds is 6. The number of aromatic nitrogens is 3. The first-order valence-electron chi connectivity index (χ1n) is 10.5. The van der Waals surface area contributed by atoms with Crippen LogP contribution >= 0.6 is 0 Å². The molecule has 0 bridgehead atoms. The molecule has 1 aliphatic rings. The normalized spacial score (nSPS) is 14.5. The zero-order chi connectivity index (χ0) is 22.2. The molecule has 162 valence electrons. The first-order chi connectivity index (χ1) is 14.8. The second-order valence-corrected chi connectivity index (χ2v) is 10.0. The van der Waals surface area contributed by atoms with Crippen molar-refractivity contribution in [2.24, 2.45) is 0 Å². The number of para-hydroxylation sites is 1. The van der Waals surface area contributed by atoms with E-state index in [0.717, 1.165) is 28.8 Å². The van der Waals surface area contributed by atoms with E-state index in [1.807, 2.05) is 62.4 Å². The lowest BCUT2D eigenvalue weighted by Gasteiger charge is -2.21. The number of sulfone groups is 1. The summed E-state index contributed by atoms with van der Waals surface area (Å²) >= 11 is 0. The zero-order valence-electron chi connectivity index (χ0n) is 17.9. The quantitative estimate of drug-likeness (QED) is 0.589. The summed E-state index contributed by atoms with van der Waals surface area (Å²) < 4.78 is 28.6. The highest BCUT2D eigenvalue weighted by molar-refractivity contribution is 7.92. The van der Waals surface area contributed by atoms with Gasteiger partial charge < -0.3 is 4.90 Å². The molecule has 0 saturated heterocycles. The summed E-state index contributed by atoms with van der Waals surface area (Å²) in [5.74, 6) is 0.0587. The van der Waals surface area contributed by atoms with E-state index in [1.54, 1.807) is 9.47 Å². The first-order valence-corrected chi connectivity index (χ1v) is 12.0. The van der Waals surface area contributed by atoms with Crippen molar-refractivity contribution in [2.45, 2.75) is 50.6 Å². The monoisotopic (exact) mass is 438 g/mol. The van der Waals surface area contributed by atoms with Gasteiger partial charge in [-0.3, -0.25) is 9.36 Å². The Morgan fingerprint density at radius 1 is 1.13 bits per heavy atom. The van der Waals surface area contributed by atoms with Crippen LogP contribution in [0.3, 0.4) is 0 Å². The van der Waals surface area contributed by atoms with Gasteiger partial charge in [0, 0.05) is 24.3 Å². The van der Waals surface area contributed by atoms with E-state index < -0.39 is 21.0 Å². The second kappa shape index (κ2) is 8.26. The van der Waals surface area contributed by atoms with Gasteiger partial charge in [0.2, 0.25) is 15.7 Å². The van der Waals surface area contributed by atoms with Gasteiger partial charge in [0.15, 0.2) is 5.82 Å². The minimum atomic E-state index is -4.03. The van der Waals surface area contributed by atoms with Crippen LogP contribution in [0.25, 0.3) is 11.4 Å². The van der Waals surface area contributed by atoms with Gasteiger partial charge in [0.25, 0.3) is 5.16 Å². The molecule has 1 aliphatic heterocycles. The van der Waals surface area contributed by atoms with Crippen LogP contribution in [0.15, 0.2) is 53.7 Å². The van der Waals surface area contributed by atoms with E-state index in [4.69, 9.17) is 0 Å². The van der Waals surface area contributed by atoms with Crippen molar-refractivity contribution < 1.29 is 13.2 Å². The number of carbonyl (C=O) groups is 1. The van der Waals surface area contributed by atoms with Crippen LogP contribution in [0.4, 0.5) is 5.69 Å². The number of hydrogen-bond acceptors (Lipinski definition) is 5. The molecule has 2 heterocycles. The maximum Gasteiger partial charge on any atom is 0.250 e. The maximum absolute atomic E-state index is 13.5. The van der Waals surface area contributed by atoms with Crippen molar-refractivity contribution in [3.63, 3.8) is 0 Å². The SMILES string of the molecule is CCCn1c(-c2cccc(C)c2)nnc1S(=O)(=O)[C@@H](C)C(=O)N1CCc2ccccc21. The van der Waals surface area contributed by atoms with Crippen molar-refractivity contribution in [1.29, 1.82) is 0 Å². The number of benzene rings is 2. The summed E-state index contributed by atoms with van der Waals surface area (Å²) in [5, 5.41) is 6.82. The Labute approximate surface area is 182 Å². The van der Waals surface area contributed by atoms with E-state index in [-0.39, 0.29) is 5.16 Å². The first kappa shape index (κ1) is 21.2. The molecule has 7 nitrogen and oxygen atoms in total. The lowest BCUT2D eigenvalue weighted by atomic mass is 10.1. The smallest absolute Gasteiger partial charge is 0.250 e. The molecule has 8 heteroatoms. The Morgan fingerprint density at radius 2 is 1.90 bits per heavy atom. The molecule has 1 atom stereocenters. The van der Waals surface area contributed by atoms with Crippen LogP contribution in [-0.4, -0.2) is 40.9 Å².